The summed E-state index contributed by atoms with van der Waals surface area (Å²) in [4.78, 5) is 0.774. The number of rotatable bonds is 3. The Kier molecular flexibility index (Phi) is 4.01. The number of halogens is 3. The molecule has 0 saturated heterocycles. The van der Waals surface area contributed by atoms with Crippen LogP contribution >= 0.6 is 34.5 Å². The SMILES string of the molecule is NNC(c1ccc(Cl)cc1F)c1sccc1Cl. The van der Waals surface area contributed by atoms with Gasteiger partial charge in [-0.05, 0) is 23.6 Å². The quantitative estimate of drug-likeness (QED) is 0.667. The molecule has 2 aromatic rings. The van der Waals surface area contributed by atoms with Gasteiger partial charge >= 0.3 is 0 Å². The Morgan fingerprint density at radius 3 is 2.59 bits per heavy atom. The van der Waals surface area contributed by atoms with Crippen molar-refractivity contribution in [2.24, 2.45) is 5.84 Å². The molecule has 0 saturated carbocycles. The molecule has 1 unspecified atom stereocenters. The van der Waals surface area contributed by atoms with E-state index in [2.05, 4.69) is 5.43 Å². The lowest BCUT2D eigenvalue weighted by atomic mass is 10.1. The number of hydrogen-bond acceptors (Lipinski definition) is 3. The molecular weight excluding hydrogens is 282 g/mol. The van der Waals surface area contributed by atoms with Crippen molar-refractivity contribution in [3.8, 4) is 0 Å². The number of nitrogens with two attached hydrogens (primary N) is 1. The summed E-state index contributed by atoms with van der Waals surface area (Å²) in [5, 5.41) is 2.74. The first-order chi connectivity index (χ1) is 8.13. The summed E-state index contributed by atoms with van der Waals surface area (Å²) >= 11 is 13.1. The third-order valence-corrected chi connectivity index (χ3v) is 4.01. The van der Waals surface area contributed by atoms with Gasteiger partial charge in [-0.2, -0.15) is 0 Å². The smallest absolute Gasteiger partial charge is 0.129 e. The Morgan fingerprint density at radius 2 is 2.06 bits per heavy atom. The average molecular weight is 291 g/mol. The molecule has 0 fully saturated rings. The van der Waals surface area contributed by atoms with Crippen LogP contribution in [0.15, 0.2) is 29.6 Å². The molecule has 6 heteroatoms. The van der Waals surface area contributed by atoms with E-state index in [4.69, 9.17) is 29.0 Å². The second-order valence-corrected chi connectivity index (χ2v) is 5.19. The molecule has 1 aromatic heterocycles. The van der Waals surface area contributed by atoms with E-state index in [1.165, 1.54) is 17.4 Å². The Morgan fingerprint density at radius 1 is 1.29 bits per heavy atom. The predicted octanol–water partition coefficient (Wildman–Crippen LogP) is 3.75. The van der Waals surface area contributed by atoms with Gasteiger partial charge in [0.25, 0.3) is 0 Å². The fraction of sp³-hybridized carbons (Fsp3) is 0.0909. The molecule has 17 heavy (non-hydrogen) atoms. The fourth-order valence-electron chi connectivity index (χ4n) is 1.55. The van der Waals surface area contributed by atoms with Gasteiger partial charge in [0, 0.05) is 15.5 Å². The highest BCUT2D eigenvalue weighted by atomic mass is 35.5. The topological polar surface area (TPSA) is 38.0 Å². The first-order valence-electron chi connectivity index (χ1n) is 4.77. The fourth-order valence-corrected chi connectivity index (χ4v) is 2.96. The van der Waals surface area contributed by atoms with E-state index in [1.54, 1.807) is 18.2 Å². The minimum absolute atomic E-state index is 0.347. The Balaban J connectivity index is 2.46. The lowest BCUT2D eigenvalue weighted by Crippen LogP contribution is -2.29. The predicted molar refractivity (Wildman–Crippen MR) is 69.9 cm³/mol. The molecule has 0 aliphatic carbocycles. The molecule has 0 radical (unpaired) electrons. The number of hydrazine groups is 1. The van der Waals surface area contributed by atoms with Crippen LogP contribution in [-0.4, -0.2) is 0 Å². The molecule has 1 atom stereocenters. The molecule has 1 aromatic carbocycles. The van der Waals surface area contributed by atoms with E-state index < -0.39 is 11.9 Å². The van der Waals surface area contributed by atoms with Crippen molar-refractivity contribution in [2.45, 2.75) is 6.04 Å². The van der Waals surface area contributed by atoms with Crippen molar-refractivity contribution in [1.82, 2.24) is 5.43 Å². The van der Waals surface area contributed by atoms with E-state index in [0.717, 1.165) is 4.88 Å². The summed E-state index contributed by atoms with van der Waals surface area (Å²) in [6.07, 6.45) is 0. The molecular formula is C11H9Cl2FN2S. The highest BCUT2D eigenvalue weighted by Crippen LogP contribution is 2.33. The zero-order chi connectivity index (χ0) is 12.4. The third kappa shape index (κ3) is 2.61. The molecule has 1 heterocycles. The number of nitrogens with one attached hydrogen (secondary N) is 1. The summed E-state index contributed by atoms with van der Waals surface area (Å²) in [5.74, 6) is 5.06. The van der Waals surface area contributed by atoms with Crippen molar-refractivity contribution in [3.63, 3.8) is 0 Å². The second-order valence-electron chi connectivity index (χ2n) is 3.40. The number of thiophene rings is 1. The summed E-state index contributed by atoms with van der Waals surface area (Å²) in [6.45, 7) is 0. The van der Waals surface area contributed by atoms with Crippen LogP contribution in [0, 0.1) is 5.82 Å². The highest BCUT2D eigenvalue weighted by molar-refractivity contribution is 7.10. The maximum absolute atomic E-state index is 13.8. The van der Waals surface area contributed by atoms with Crippen LogP contribution in [0.5, 0.6) is 0 Å². The van der Waals surface area contributed by atoms with Crippen LogP contribution in [0.4, 0.5) is 4.39 Å². The van der Waals surface area contributed by atoms with Gasteiger partial charge in [0.2, 0.25) is 0 Å². The second kappa shape index (κ2) is 5.33. The summed E-state index contributed by atoms with van der Waals surface area (Å²) in [6, 6.07) is 5.74. The molecule has 3 N–H and O–H groups in total. The highest BCUT2D eigenvalue weighted by Gasteiger charge is 2.20. The van der Waals surface area contributed by atoms with Crippen molar-refractivity contribution < 1.29 is 4.39 Å². The monoisotopic (exact) mass is 290 g/mol. The standard InChI is InChI=1S/C11H9Cl2FN2S/c12-6-1-2-7(9(14)5-6)10(16-15)11-8(13)3-4-17-11/h1-5,10,16H,15H2. The van der Waals surface area contributed by atoms with Crippen molar-refractivity contribution in [3.05, 3.63) is 55.9 Å². The van der Waals surface area contributed by atoms with Crippen LogP contribution in [0.1, 0.15) is 16.5 Å². The number of hydrogen-bond donors (Lipinski definition) is 2. The molecule has 2 nitrogen and oxygen atoms in total. The minimum Gasteiger partial charge on any atom is -0.271 e. The van der Waals surface area contributed by atoms with Gasteiger partial charge in [-0.25, -0.2) is 9.82 Å². The zero-order valence-electron chi connectivity index (χ0n) is 8.58. The first kappa shape index (κ1) is 12.8. The van der Waals surface area contributed by atoms with E-state index >= 15 is 0 Å². The molecule has 0 aliphatic rings. The van der Waals surface area contributed by atoms with Crippen LogP contribution in [0.2, 0.25) is 10.0 Å². The first-order valence-corrected chi connectivity index (χ1v) is 6.41. The molecule has 0 bridgehead atoms. The van der Waals surface area contributed by atoms with Gasteiger partial charge in [0.1, 0.15) is 5.82 Å². The molecule has 0 aliphatic heterocycles. The van der Waals surface area contributed by atoms with Crippen molar-refractivity contribution in [2.75, 3.05) is 0 Å². The maximum Gasteiger partial charge on any atom is 0.129 e. The minimum atomic E-state index is -0.472. The molecule has 90 valence electrons. The Labute approximate surface area is 112 Å². The van der Waals surface area contributed by atoms with Gasteiger partial charge in [-0.1, -0.05) is 29.3 Å². The Hall–Kier alpha value is -0.650. The molecule has 2 rings (SSSR count). The Bertz CT molecular complexity index is 530. The van der Waals surface area contributed by atoms with E-state index in [0.29, 0.717) is 15.6 Å². The third-order valence-electron chi connectivity index (χ3n) is 2.35. The van der Waals surface area contributed by atoms with Crippen LogP contribution in [0.25, 0.3) is 0 Å². The largest absolute Gasteiger partial charge is 0.271 e. The molecule has 0 spiro atoms. The summed E-state index contributed by atoms with van der Waals surface area (Å²) in [7, 11) is 0. The molecule has 0 amide bonds. The lowest BCUT2D eigenvalue weighted by molar-refractivity contribution is 0.564. The van der Waals surface area contributed by atoms with Gasteiger partial charge in [0.05, 0.1) is 11.1 Å². The summed E-state index contributed by atoms with van der Waals surface area (Å²) < 4.78 is 13.8. The summed E-state index contributed by atoms with van der Waals surface area (Å²) in [5.41, 5.74) is 2.98. The average Bonchev–Trinajstić information content (AvgIpc) is 2.69. The van der Waals surface area contributed by atoms with Gasteiger partial charge in [0.15, 0.2) is 0 Å². The number of benzene rings is 1. The van der Waals surface area contributed by atoms with Crippen LogP contribution in [0.3, 0.4) is 0 Å². The van der Waals surface area contributed by atoms with Gasteiger partial charge in [-0.15, -0.1) is 11.3 Å². The van der Waals surface area contributed by atoms with Crippen LogP contribution < -0.4 is 11.3 Å². The van der Waals surface area contributed by atoms with Crippen LogP contribution in [-0.2, 0) is 0 Å². The van der Waals surface area contributed by atoms with E-state index in [-0.39, 0.29) is 0 Å². The normalized spacial score (nSPS) is 12.7. The maximum atomic E-state index is 13.8. The van der Waals surface area contributed by atoms with E-state index in [9.17, 15) is 4.39 Å². The van der Waals surface area contributed by atoms with Gasteiger partial charge in [-0.3, -0.25) is 5.84 Å². The van der Waals surface area contributed by atoms with Crippen molar-refractivity contribution in [1.29, 1.82) is 0 Å². The van der Waals surface area contributed by atoms with Crippen molar-refractivity contribution >= 4 is 34.5 Å². The van der Waals surface area contributed by atoms with E-state index in [1.807, 2.05) is 5.38 Å². The lowest BCUT2D eigenvalue weighted by Gasteiger charge is -2.16. The van der Waals surface area contributed by atoms with Gasteiger partial charge < -0.3 is 0 Å². The zero-order valence-corrected chi connectivity index (χ0v) is 10.9.